The standard InChI is InChI=1S/C28H20ClN3O5/c1-37-27(34)28(16-30)23-15-10-17-4-2-3-5-22(17)31(23)25(26(33)19-6-11-20(29)12-7-19)24(28)18-8-13-21(14-9-18)32(35)36/h2-15,23-25H,1H3/t23-,24-,25-,28-/m0/s1. The van der Waals surface area contributed by atoms with Crippen molar-refractivity contribution in [1.29, 1.82) is 5.26 Å². The predicted octanol–water partition coefficient (Wildman–Crippen LogP) is 5.18. The van der Waals surface area contributed by atoms with Crippen LogP contribution in [0.15, 0.2) is 78.9 Å². The first-order valence-electron chi connectivity index (χ1n) is 11.4. The van der Waals surface area contributed by atoms with E-state index >= 15 is 0 Å². The molecule has 0 aromatic heterocycles. The summed E-state index contributed by atoms with van der Waals surface area (Å²) in [4.78, 5) is 40.3. The summed E-state index contributed by atoms with van der Waals surface area (Å²) in [5.74, 6) is -2.12. The Bertz CT molecular complexity index is 1480. The molecule has 1 saturated heterocycles. The van der Waals surface area contributed by atoms with E-state index in [1.54, 1.807) is 35.2 Å². The number of ether oxygens (including phenoxy) is 1. The van der Waals surface area contributed by atoms with Gasteiger partial charge in [-0.1, -0.05) is 54.1 Å². The zero-order valence-electron chi connectivity index (χ0n) is 19.6. The second-order valence-corrected chi connectivity index (χ2v) is 9.32. The third kappa shape index (κ3) is 3.67. The van der Waals surface area contributed by atoms with Gasteiger partial charge in [0, 0.05) is 34.3 Å². The lowest BCUT2D eigenvalue weighted by Crippen LogP contribution is -2.46. The molecule has 3 aromatic rings. The van der Waals surface area contributed by atoms with E-state index in [9.17, 15) is 25.0 Å². The summed E-state index contributed by atoms with van der Waals surface area (Å²) >= 11 is 6.06. The van der Waals surface area contributed by atoms with Gasteiger partial charge in [-0.15, -0.1) is 0 Å². The van der Waals surface area contributed by atoms with Gasteiger partial charge in [0.25, 0.3) is 5.69 Å². The minimum atomic E-state index is -1.82. The Morgan fingerprint density at radius 3 is 2.38 bits per heavy atom. The quantitative estimate of drug-likeness (QED) is 0.200. The molecule has 0 unspecified atom stereocenters. The number of Topliss-reactive ketones (excluding diaryl/α,β-unsaturated/α-hetero) is 1. The van der Waals surface area contributed by atoms with Crippen LogP contribution in [0, 0.1) is 26.9 Å². The molecular formula is C28H20ClN3O5. The number of para-hydroxylation sites is 1. The van der Waals surface area contributed by atoms with E-state index in [1.807, 2.05) is 30.3 Å². The Hall–Kier alpha value is -4.48. The number of nitro benzene ring substituents is 1. The summed E-state index contributed by atoms with van der Waals surface area (Å²) in [5, 5.41) is 22.4. The highest BCUT2D eigenvalue weighted by molar-refractivity contribution is 6.30. The van der Waals surface area contributed by atoms with E-state index in [0.29, 0.717) is 21.8 Å². The number of nitrogens with zero attached hydrogens (tertiary/aromatic N) is 3. The van der Waals surface area contributed by atoms with Gasteiger partial charge in [-0.05, 0) is 41.5 Å². The van der Waals surface area contributed by atoms with Crippen molar-refractivity contribution in [3.63, 3.8) is 0 Å². The van der Waals surface area contributed by atoms with Crippen LogP contribution in [-0.4, -0.2) is 35.9 Å². The zero-order chi connectivity index (χ0) is 26.3. The van der Waals surface area contributed by atoms with Gasteiger partial charge in [0.05, 0.1) is 24.1 Å². The molecule has 5 rings (SSSR count). The molecule has 9 heteroatoms. The third-order valence-electron chi connectivity index (χ3n) is 7.11. The first-order valence-corrected chi connectivity index (χ1v) is 11.8. The monoisotopic (exact) mass is 513 g/mol. The molecule has 2 heterocycles. The molecule has 0 bridgehead atoms. The summed E-state index contributed by atoms with van der Waals surface area (Å²) < 4.78 is 5.17. The van der Waals surface area contributed by atoms with Crippen LogP contribution >= 0.6 is 11.6 Å². The first-order chi connectivity index (χ1) is 17.8. The fraction of sp³-hybridized carbons (Fsp3) is 0.179. The third-order valence-corrected chi connectivity index (χ3v) is 7.37. The Morgan fingerprint density at radius 2 is 1.76 bits per heavy atom. The highest BCUT2D eigenvalue weighted by Gasteiger charge is 2.67. The van der Waals surface area contributed by atoms with E-state index in [4.69, 9.17) is 16.3 Å². The number of nitro groups is 1. The molecule has 0 aliphatic carbocycles. The van der Waals surface area contributed by atoms with Gasteiger partial charge in [-0.2, -0.15) is 5.26 Å². The van der Waals surface area contributed by atoms with Crippen molar-refractivity contribution in [2.45, 2.75) is 18.0 Å². The second kappa shape index (κ2) is 9.19. The fourth-order valence-electron chi connectivity index (χ4n) is 5.50. The lowest BCUT2D eigenvalue weighted by Gasteiger charge is -2.36. The number of methoxy groups -OCH3 is 1. The van der Waals surface area contributed by atoms with Crippen LogP contribution in [-0.2, 0) is 9.53 Å². The van der Waals surface area contributed by atoms with Crippen LogP contribution in [0.3, 0.4) is 0 Å². The molecule has 184 valence electrons. The number of esters is 1. The Kier molecular flexibility index (Phi) is 6.02. The first kappa shape index (κ1) is 24.2. The zero-order valence-corrected chi connectivity index (χ0v) is 20.3. The number of hydrogen-bond acceptors (Lipinski definition) is 7. The number of ketones is 1. The van der Waals surface area contributed by atoms with Gasteiger partial charge in [0.1, 0.15) is 6.04 Å². The van der Waals surface area contributed by atoms with E-state index in [1.165, 1.54) is 31.4 Å². The van der Waals surface area contributed by atoms with E-state index < -0.39 is 34.3 Å². The average Bonchev–Trinajstić information content (AvgIpc) is 3.24. The number of carbonyl (C=O) groups excluding carboxylic acids is 2. The van der Waals surface area contributed by atoms with E-state index in [0.717, 1.165) is 5.56 Å². The number of nitriles is 1. The summed E-state index contributed by atoms with van der Waals surface area (Å²) in [5.41, 5.74) is 0.340. The van der Waals surface area contributed by atoms with Crippen molar-refractivity contribution in [3.05, 3.63) is 111 Å². The Balaban J connectivity index is 1.80. The van der Waals surface area contributed by atoms with Gasteiger partial charge in [-0.25, -0.2) is 0 Å². The normalized spacial score (nSPS) is 23.5. The van der Waals surface area contributed by atoms with Crippen molar-refractivity contribution < 1.29 is 19.2 Å². The number of halogens is 1. The van der Waals surface area contributed by atoms with Gasteiger partial charge >= 0.3 is 5.97 Å². The van der Waals surface area contributed by atoms with Crippen molar-refractivity contribution >= 4 is 40.8 Å². The molecule has 0 saturated carbocycles. The minimum Gasteiger partial charge on any atom is -0.468 e. The summed E-state index contributed by atoms with van der Waals surface area (Å²) in [7, 11) is 1.20. The number of anilines is 1. The predicted molar refractivity (Wildman–Crippen MR) is 137 cm³/mol. The molecule has 4 atom stereocenters. The van der Waals surface area contributed by atoms with Crippen molar-refractivity contribution in [2.75, 3.05) is 12.0 Å². The fourth-order valence-corrected chi connectivity index (χ4v) is 5.62. The number of carbonyl (C=O) groups is 2. The van der Waals surface area contributed by atoms with E-state index in [2.05, 4.69) is 6.07 Å². The number of fused-ring (bicyclic) bond motifs is 3. The van der Waals surface area contributed by atoms with Crippen LogP contribution < -0.4 is 4.90 Å². The summed E-state index contributed by atoms with van der Waals surface area (Å²) in [6.45, 7) is 0. The lowest BCUT2D eigenvalue weighted by molar-refractivity contribution is -0.384. The number of hydrogen-bond donors (Lipinski definition) is 0. The molecule has 37 heavy (non-hydrogen) atoms. The van der Waals surface area contributed by atoms with Gasteiger partial charge < -0.3 is 9.64 Å². The molecule has 0 N–H and O–H groups in total. The maximum atomic E-state index is 14.2. The van der Waals surface area contributed by atoms with Crippen LogP contribution in [0.5, 0.6) is 0 Å². The maximum Gasteiger partial charge on any atom is 0.329 e. The Morgan fingerprint density at radius 1 is 1.08 bits per heavy atom. The van der Waals surface area contributed by atoms with Crippen molar-refractivity contribution in [3.8, 4) is 6.07 Å². The number of benzene rings is 3. The highest BCUT2D eigenvalue weighted by Crippen LogP contribution is 2.56. The van der Waals surface area contributed by atoms with Gasteiger partial charge in [0.15, 0.2) is 11.2 Å². The van der Waals surface area contributed by atoms with Crippen LogP contribution in [0.1, 0.15) is 27.4 Å². The molecule has 2 aliphatic heterocycles. The summed E-state index contributed by atoms with van der Waals surface area (Å²) in [6.07, 6.45) is 3.57. The lowest BCUT2D eigenvalue weighted by atomic mass is 9.68. The van der Waals surface area contributed by atoms with Crippen molar-refractivity contribution in [2.24, 2.45) is 5.41 Å². The molecule has 2 aliphatic rings. The number of rotatable bonds is 5. The number of non-ortho nitro benzene ring substituents is 1. The van der Waals surface area contributed by atoms with Crippen LogP contribution in [0.2, 0.25) is 5.02 Å². The topological polar surface area (TPSA) is 114 Å². The SMILES string of the molecule is COC(=O)[C@@]1(C#N)[C@@H]2C=Cc3ccccc3N2[C@H](C(=O)c2ccc(Cl)cc2)[C@@H]1c1ccc([N+](=O)[O-])cc1. The molecule has 3 aromatic carbocycles. The molecule has 0 amide bonds. The van der Waals surface area contributed by atoms with Crippen LogP contribution in [0.4, 0.5) is 11.4 Å². The molecule has 8 nitrogen and oxygen atoms in total. The van der Waals surface area contributed by atoms with Gasteiger partial charge in [-0.3, -0.25) is 19.7 Å². The molecule has 0 spiro atoms. The van der Waals surface area contributed by atoms with Crippen molar-refractivity contribution in [1.82, 2.24) is 0 Å². The second-order valence-electron chi connectivity index (χ2n) is 8.88. The smallest absolute Gasteiger partial charge is 0.329 e. The highest BCUT2D eigenvalue weighted by atomic mass is 35.5. The molecule has 1 fully saturated rings. The molecule has 0 radical (unpaired) electrons. The average molecular weight is 514 g/mol. The van der Waals surface area contributed by atoms with Gasteiger partial charge in [0.2, 0.25) is 0 Å². The summed E-state index contributed by atoms with van der Waals surface area (Å²) in [6, 6.07) is 19.8. The van der Waals surface area contributed by atoms with E-state index in [-0.39, 0.29) is 11.5 Å². The maximum absolute atomic E-state index is 14.2. The minimum absolute atomic E-state index is 0.147. The molecular weight excluding hydrogens is 494 g/mol. The van der Waals surface area contributed by atoms with Crippen LogP contribution in [0.25, 0.3) is 6.08 Å². The largest absolute Gasteiger partial charge is 0.468 e. The Labute approximate surface area is 217 Å².